The number of carbonyl (C=O) groups excluding carboxylic acids is 1. The van der Waals surface area contributed by atoms with Crippen LogP contribution in [0.2, 0.25) is 0 Å². The Morgan fingerprint density at radius 2 is 2.16 bits per heavy atom. The number of nitrogens with one attached hydrogen (secondary N) is 2. The number of hydrogen-bond donors (Lipinski definition) is 3. The lowest BCUT2D eigenvalue weighted by Crippen LogP contribution is -2.31. The molecule has 1 saturated carbocycles. The van der Waals surface area contributed by atoms with Gasteiger partial charge in [-0.15, -0.1) is 0 Å². The highest BCUT2D eigenvalue weighted by Gasteiger charge is 2.28. The molecule has 0 radical (unpaired) electrons. The van der Waals surface area contributed by atoms with Crippen LogP contribution in [0, 0.1) is 11.8 Å². The topological polar surface area (TPSA) is 103 Å². The lowest BCUT2D eigenvalue weighted by molar-refractivity contribution is 0.0947. The number of aromatic nitrogens is 3. The molecule has 5 rings (SSSR count). The maximum Gasteiger partial charge on any atom is 0.268 e. The number of nitrogens with zero attached hydrogens (tertiary/aromatic N) is 3. The van der Waals surface area contributed by atoms with Crippen LogP contribution < -0.4 is 5.32 Å². The highest BCUT2D eigenvalue weighted by atomic mass is 16.3. The van der Waals surface area contributed by atoms with E-state index in [-0.39, 0.29) is 11.9 Å². The molecule has 7 heteroatoms. The molecule has 160 valence electrons. The van der Waals surface area contributed by atoms with Gasteiger partial charge in [0, 0.05) is 34.3 Å². The fourth-order valence-corrected chi connectivity index (χ4v) is 3.72. The fourth-order valence-electron chi connectivity index (χ4n) is 3.72. The number of aliphatic hydroxyl groups is 1. The zero-order valence-corrected chi connectivity index (χ0v) is 17.9. The lowest BCUT2D eigenvalue weighted by Gasteiger charge is -2.14. The maximum absolute atomic E-state index is 12.9. The summed E-state index contributed by atoms with van der Waals surface area (Å²) in [6.45, 7) is 4.22. The van der Waals surface area contributed by atoms with Gasteiger partial charge in [-0.2, -0.15) is 0 Å². The van der Waals surface area contributed by atoms with Crippen molar-refractivity contribution in [2.24, 2.45) is 4.99 Å². The molecule has 1 amide bonds. The summed E-state index contributed by atoms with van der Waals surface area (Å²) < 4.78 is 0. The maximum atomic E-state index is 12.9. The minimum Gasteiger partial charge on any atom is -0.372 e. The van der Waals surface area contributed by atoms with E-state index in [4.69, 9.17) is 0 Å². The van der Waals surface area contributed by atoms with Gasteiger partial charge in [-0.05, 0) is 57.0 Å². The average molecular weight is 425 g/mol. The van der Waals surface area contributed by atoms with Crippen LogP contribution in [-0.4, -0.2) is 49.9 Å². The minimum atomic E-state index is -1.34. The number of aliphatic imine (C=N–C) groups is 1. The van der Waals surface area contributed by atoms with Crippen molar-refractivity contribution in [1.82, 2.24) is 20.3 Å². The number of fused-ring (bicyclic) bond motifs is 1. The standard InChI is InChI=1S/C25H23N5O2/c1-15-11-21(27-13-15)25(2,32)9-7-16-3-6-19-18(12-16)22(20-8-10-26-14-28-20)23(30-19)24(31)29-17-4-5-17/h3,6,8,10-12,14,17,30,32H,4-5,13H2,1-2H3,(H,29,31)/t25-/m1/s1. The van der Waals surface area contributed by atoms with E-state index in [1.807, 2.05) is 31.2 Å². The van der Waals surface area contributed by atoms with Gasteiger partial charge >= 0.3 is 0 Å². The zero-order chi connectivity index (χ0) is 22.3. The van der Waals surface area contributed by atoms with E-state index < -0.39 is 5.60 Å². The summed E-state index contributed by atoms with van der Waals surface area (Å²) in [7, 11) is 0. The van der Waals surface area contributed by atoms with Gasteiger partial charge in [0.2, 0.25) is 0 Å². The number of H-pyrrole nitrogens is 1. The number of benzene rings is 1. The Kier molecular flexibility index (Phi) is 4.87. The van der Waals surface area contributed by atoms with Crippen LogP contribution in [0.5, 0.6) is 0 Å². The van der Waals surface area contributed by atoms with Gasteiger partial charge in [-0.1, -0.05) is 17.4 Å². The fraction of sp³-hybridized carbons (Fsp3) is 0.280. The van der Waals surface area contributed by atoms with Gasteiger partial charge in [-0.3, -0.25) is 9.79 Å². The quantitative estimate of drug-likeness (QED) is 0.559. The summed E-state index contributed by atoms with van der Waals surface area (Å²) in [5.41, 5.74) is 3.73. The second kappa shape index (κ2) is 7.74. The third-order valence-electron chi connectivity index (χ3n) is 5.61. The van der Waals surface area contributed by atoms with Crippen molar-refractivity contribution < 1.29 is 9.90 Å². The number of carbonyl (C=O) groups is 1. The van der Waals surface area contributed by atoms with E-state index in [9.17, 15) is 9.90 Å². The van der Waals surface area contributed by atoms with Gasteiger partial charge < -0.3 is 15.4 Å². The second-order valence-electron chi connectivity index (χ2n) is 8.49. The van der Waals surface area contributed by atoms with E-state index in [2.05, 4.69) is 37.1 Å². The van der Waals surface area contributed by atoms with E-state index in [0.29, 0.717) is 23.6 Å². The van der Waals surface area contributed by atoms with Crippen molar-refractivity contribution in [2.45, 2.75) is 38.3 Å². The van der Waals surface area contributed by atoms with Gasteiger partial charge in [0.25, 0.3) is 5.91 Å². The summed E-state index contributed by atoms with van der Waals surface area (Å²) >= 11 is 0. The zero-order valence-electron chi connectivity index (χ0n) is 17.9. The summed E-state index contributed by atoms with van der Waals surface area (Å²) in [4.78, 5) is 28.9. The highest BCUT2D eigenvalue weighted by Crippen LogP contribution is 2.32. The molecule has 0 spiro atoms. The average Bonchev–Trinajstić information content (AvgIpc) is 3.34. The summed E-state index contributed by atoms with van der Waals surface area (Å²) in [6.07, 6.45) is 7.02. The molecular formula is C25H23N5O2. The Bertz CT molecular complexity index is 1340. The predicted octanol–water partition coefficient (Wildman–Crippen LogP) is 3.02. The Balaban J connectivity index is 1.57. The third-order valence-corrected chi connectivity index (χ3v) is 5.61. The predicted molar refractivity (Wildman–Crippen MR) is 123 cm³/mol. The third kappa shape index (κ3) is 3.93. The first kappa shape index (κ1) is 20.2. The SMILES string of the molecule is CC1=CC([C@](C)(O)C#Cc2ccc3[nH]c(C(=O)NC4CC4)c(-c4ccncn4)c3c2)=NC1. The summed E-state index contributed by atoms with van der Waals surface area (Å²) in [5, 5.41) is 14.7. The molecule has 3 N–H and O–H groups in total. The van der Waals surface area contributed by atoms with Gasteiger partial charge in [0.15, 0.2) is 5.60 Å². The first-order valence-electron chi connectivity index (χ1n) is 10.6. The molecule has 1 fully saturated rings. The normalized spacial score (nSPS) is 17.2. The molecule has 3 heterocycles. The molecule has 2 aliphatic rings. The Hall–Kier alpha value is -3.76. The molecule has 1 atom stereocenters. The number of amides is 1. The van der Waals surface area contributed by atoms with E-state index in [1.54, 1.807) is 19.2 Å². The number of aromatic amines is 1. The molecule has 0 saturated heterocycles. The van der Waals surface area contributed by atoms with Crippen LogP contribution in [0.3, 0.4) is 0 Å². The highest BCUT2D eigenvalue weighted by molar-refractivity contribution is 6.09. The van der Waals surface area contributed by atoms with Gasteiger partial charge in [0.05, 0.1) is 18.0 Å². The lowest BCUT2D eigenvalue weighted by atomic mass is 9.99. The van der Waals surface area contributed by atoms with E-state index >= 15 is 0 Å². The van der Waals surface area contributed by atoms with Crippen molar-refractivity contribution >= 4 is 22.5 Å². The molecule has 2 aromatic heterocycles. The van der Waals surface area contributed by atoms with Crippen LogP contribution in [0.15, 0.2) is 53.4 Å². The summed E-state index contributed by atoms with van der Waals surface area (Å²) in [5.74, 6) is 5.87. The minimum absolute atomic E-state index is 0.144. The molecule has 0 unspecified atom stereocenters. The van der Waals surface area contributed by atoms with Crippen molar-refractivity contribution in [3.63, 3.8) is 0 Å². The van der Waals surface area contributed by atoms with Gasteiger partial charge in [0.1, 0.15) is 12.0 Å². The first-order chi connectivity index (χ1) is 15.4. The molecule has 3 aromatic rings. The second-order valence-corrected chi connectivity index (χ2v) is 8.49. The van der Waals surface area contributed by atoms with Crippen molar-refractivity contribution in [1.29, 1.82) is 0 Å². The first-order valence-corrected chi connectivity index (χ1v) is 10.6. The molecule has 7 nitrogen and oxygen atoms in total. The molecule has 1 aliphatic carbocycles. The molecule has 32 heavy (non-hydrogen) atoms. The molecule has 1 aliphatic heterocycles. The van der Waals surface area contributed by atoms with Gasteiger partial charge in [-0.25, -0.2) is 9.97 Å². The van der Waals surface area contributed by atoms with E-state index in [1.165, 1.54) is 6.33 Å². The van der Waals surface area contributed by atoms with Crippen molar-refractivity contribution in [2.75, 3.05) is 6.54 Å². The van der Waals surface area contributed by atoms with Crippen molar-refractivity contribution in [3.05, 3.63) is 59.7 Å². The monoisotopic (exact) mass is 425 g/mol. The Labute approximate surface area is 185 Å². The smallest absolute Gasteiger partial charge is 0.268 e. The molecular weight excluding hydrogens is 402 g/mol. The molecule has 1 aromatic carbocycles. The van der Waals surface area contributed by atoms with Crippen LogP contribution >= 0.6 is 0 Å². The largest absolute Gasteiger partial charge is 0.372 e. The van der Waals surface area contributed by atoms with Crippen LogP contribution in [-0.2, 0) is 0 Å². The Morgan fingerprint density at radius 1 is 1.31 bits per heavy atom. The van der Waals surface area contributed by atoms with Crippen LogP contribution in [0.25, 0.3) is 22.2 Å². The molecule has 0 bridgehead atoms. The van der Waals surface area contributed by atoms with Crippen LogP contribution in [0.4, 0.5) is 0 Å². The summed E-state index contributed by atoms with van der Waals surface area (Å²) in [6, 6.07) is 7.70. The number of rotatable bonds is 4. The van der Waals surface area contributed by atoms with Crippen molar-refractivity contribution in [3.8, 4) is 23.1 Å². The Morgan fingerprint density at radius 3 is 2.84 bits per heavy atom. The van der Waals surface area contributed by atoms with E-state index in [0.717, 1.165) is 40.4 Å². The van der Waals surface area contributed by atoms with Crippen LogP contribution in [0.1, 0.15) is 42.7 Å². The number of hydrogen-bond acceptors (Lipinski definition) is 5.